The van der Waals surface area contributed by atoms with Crippen molar-refractivity contribution < 1.29 is 14.3 Å². The summed E-state index contributed by atoms with van der Waals surface area (Å²) in [6.07, 6.45) is 5.61. The van der Waals surface area contributed by atoms with Gasteiger partial charge in [0.15, 0.2) is 0 Å². The zero-order valence-electron chi connectivity index (χ0n) is 15.7. The van der Waals surface area contributed by atoms with Gasteiger partial charge in [0.05, 0.1) is 17.2 Å². The van der Waals surface area contributed by atoms with Crippen LogP contribution in [-0.2, 0) is 9.53 Å². The van der Waals surface area contributed by atoms with E-state index in [1.807, 2.05) is 18.2 Å². The molecule has 1 saturated heterocycles. The van der Waals surface area contributed by atoms with Gasteiger partial charge in [-0.3, -0.25) is 19.7 Å². The number of hydrogen-bond acceptors (Lipinski definition) is 6. The van der Waals surface area contributed by atoms with Crippen LogP contribution in [0.25, 0.3) is 11.0 Å². The Hall–Kier alpha value is -3.03. The van der Waals surface area contributed by atoms with E-state index in [0.29, 0.717) is 18.5 Å². The van der Waals surface area contributed by atoms with Crippen LogP contribution in [-0.4, -0.2) is 51.3 Å². The van der Waals surface area contributed by atoms with Crippen LogP contribution in [0.2, 0.25) is 0 Å². The smallest absolute Gasteiger partial charge is 0.410 e. The maximum Gasteiger partial charge on any atom is 0.410 e. The Balaban J connectivity index is 1.66. The molecule has 1 unspecified atom stereocenters. The highest BCUT2D eigenvalue weighted by Crippen LogP contribution is 2.21. The molecule has 27 heavy (non-hydrogen) atoms. The van der Waals surface area contributed by atoms with Gasteiger partial charge in [0.1, 0.15) is 11.6 Å². The van der Waals surface area contributed by atoms with Crippen molar-refractivity contribution in [2.45, 2.75) is 45.3 Å². The summed E-state index contributed by atoms with van der Waals surface area (Å²) >= 11 is 0. The highest BCUT2D eigenvalue weighted by Gasteiger charge is 2.36. The van der Waals surface area contributed by atoms with Gasteiger partial charge in [-0.2, -0.15) is 5.10 Å². The average molecular weight is 369 g/mol. The Morgan fingerprint density at radius 3 is 2.85 bits per heavy atom. The number of benzene rings is 1. The molecule has 1 N–H and O–H groups in total. The molecule has 8 heteroatoms. The monoisotopic (exact) mass is 369 g/mol. The number of fused-ring (bicyclic) bond motifs is 1. The third-order valence-electron chi connectivity index (χ3n) is 4.09. The predicted octanol–water partition coefficient (Wildman–Crippen LogP) is 2.48. The van der Waals surface area contributed by atoms with E-state index in [2.05, 4.69) is 20.5 Å². The number of aromatic nitrogens is 2. The van der Waals surface area contributed by atoms with Crippen LogP contribution < -0.4 is 5.43 Å². The third-order valence-corrected chi connectivity index (χ3v) is 4.09. The number of para-hydroxylation sites is 1. The van der Waals surface area contributed by atoms with Crippen molar-refractivity contribution in [3.63, 3.8) is 0 Å². The van der Waals surface area contributed by atoms with Gasteiger partial charge in [-0.05, 0) is 39.7 Å². The first-order chi connectivity index (χ1) is 12.8. The summed E-state index contributed by atoms with van der Waals surface area (Å²) in [5.74, 6) is -0.332. The van der Waals surface area contributed by atoms with Crippen molar-refractivity contribution in [1.82, 2.24) is 20.3 Å². The minimum Gasteiger partial charge on any atom is -0.444 e. The van der Waals surface area contributed by atoms with Gasteiger partial charge >= 0.3 is 6.09 Å². The predicted molar refractivity (Wildman–Crippen MR) is 101 cm³/mol. The lowest BCUT2D eigenvalue weighted by molar-refractivity contribution is -0.125. The number of carbonyl (C=O) groups excluding carboxylic acids is 2. The van der Waals surface area contributed by atoms with E-state index >= 15 is 0 Å². The molecular formula is C19H23N5O3. The van der Waals surface area contributed by atoms with Crippen molar-refractivity contribution >= 4 is 29.2 Å². The van der Waals surface area contributed by atoms with Crippen LogP contribution in [0, 0.1) is 0 Å². The molecule has 3 rings (SSSR count). The first-order valence-electron chi connectivity index (χ1n) is 8.87. The molecule has 8 nitrogen and oxygen atoms in total. The quantitative estimate of drug-likeness (QED) is 0.662. The molecule has 1 aromatic carbocycles. The number of ether oxygens (including phenoxy) is 1. The number of hydrogen-bond donors (Lipinski definition) is 1. The van der Waals surface area contributed by atoms with Crippen molar-refractivity contribution in [1.29, 1.82) is 0 Å². The lowest BCUT2D eigenvalue weighted by Crippen LogP contribution is -2.46. The third kappa shape index (κ3) is 4.58. The summed E-state index contributed by atoms with van der Waals surface area (Å²) in [4.78, 5) is 34.7. The molecule has 1 aliphatic heterocycles. The van der Waals surface area contributed by atoms with Crippen LogP contribution in [0.4, 0.5) is 4.79 Å². The Morgan fingerprint density at radius 2 is 2.07 bits per heavy atom. The van der Waals surface area contributed by atoms with Gasteiger partial charge < -0.3 is 4.74 Å². The summed E-state index contributed by atoms with van der Waals surface area (Å²) in [5.41, 5.74) is 4.11. The van der Waals surface area contributed by atoms with E-state index < -0.39 is 17.7 Å². The number of carbonyl (C=O) groups is 2. The average Bonchev–Trinajstić information content (AvgIpc) is 3.10. The van der Waals surface area contributed by atoms with Crippen molar-refractivity contribution in [2.24, 2.45) is 5.10 Å². The van der Waals surface area contributed by atoms with Crippen molar-refractivity contribution in [3.05, 3.63) is 36.2 Å². The minimum absolute atomic E-state index is 0.332. The van der Waals surface area contributed by atoms with E-state index in [1.54, 1.807) is 33.2 Å². The molecule has 1 fully saturated rings. The molecule has 2 aromatic rings. The maximum absolute atomic E-state index is 12.5. The molecule has 1 aromatic heterocycles. The molecule has 0 bridgehead atoms. The molecule has 1 aliphatic rings. The standard InChI is InChI=1S/C19H23N5O3/c1-19(2,3)27-18(26)24-11-5-8-15(24)17(25)23-22-12-13-6-4-7-14-16(13)21-10-9-20-14/h4,6-7,9-10,12,15H,5,8,11H2,1-3H3,(H,23,25). The molecule has 0 aliphatic carbocycles. The fraction of sp³-hybridized carbons (Fsp3) is 0.421. The molecule has 0 radical (unpaired) electrons. The summed E-state index contributed by atoms with van der Waals surface area (Å²) in [5, 5.41) is 4.03. The van der Waals surface area contributed by atoms with Crippen LogP contribution in [0.5, 0.6) is 0 Å². The van der Waals surface area contributed by atoms with Crippen LogP contribution >= 0.6 is 0 Å². The topological polar surface area (TPSA) is 96.8 Å². The molecule has 142 valence electrons. The molecule has 2 amide bonds. The van der Waals surface area contributed by atoms with Gasteiger partial charge in [-0.15, -0.1) is 0 Å². The van der Waals surface area contributed by atoms with E-state index in [0.717, 1.165) is 17.5 Å². The van der Waals surface area contributed by atoms with Crippen molar-refractivity contribution in [3.8, 4) is 0 Å². The Kier molecular flexibility index (Phi) is 5.34. The number of hydrazone groups is 1. The van der Waals surface area contributed by atoms with E-state index in [1.165, 1.54) is 11.1 Å². The van der Waals surface area contributed by atoms with Gasteiger partial charge in [-0.1, -0.05) is 12.1 Å². The van der Waals surface area contributed by atoms with Gasteiger partial charge in [-0.25, -0.2) is 10.2 Å². The molecular weight excluding hydrogens is 346 g/mol. The second kappa shape index (κ2) is 7.69. The largest absolute Gasteiger partial charge is 0.444 e. The van der Waals surface area contributed by atoms with E-state index in [-0.39, 0.29) is 5.91 Å². The summed E-state index contributed by atoms with van der Waals surface area (Å²) in [6, 6.07) is 4.97. The zero-order valence-corrected chi connectivity index (χ0v) is 15.7. The fourth-order valence-corrected chi connectivity index (χ4v) is 2.94. The second-order valence-electron chi connectivity index (χ2n) is 7.34. The van der Waals surface area contributed by atoms with Gasteiger partial charge in [0.25, 0.3) is 5.91 Å². The summed E-state index contributed by atoms with van der Waals surface area (Å²) in [7, 11) is 0. The number of amides is 2. The first kappa shape index (κ1) is 18.8. The number of rotatable bonds is 3. The Bertz CT molecular complexity index is 870. The Labute approximate surface area is 157 Å². The van der Waals surface area contributed by atoms with Crippen LogP contribution in [0.3, 0.4) is 0 Å². The molecule has 0 saturated carbocycles. The zero-order chi connectivity index (χ0) is 19.4. The van der Waals surface area contributed by atoms with Crippen LogP contribution in [0.15, 0.2) is 35.7 Å². The maximum atomic E-state index is 12.5. The lowest BCUT2D eigenvalue weighted by atomic mass is 10.2. The number of nitrogens with one attached hydrogen (secondary N) is 1. The summed E-state index contributed by atoms with van der Waals surface area (Å²) in [6.45, 7) is 5.89. The Morgan fingerprint density at radius 1 is 1.30 bits per heavy atom. The molecule has 0 spiro atoms. The second-order valence-corrected chi connectivity index (χ2v) is 7.34. The highest BCUT2D eigenvalue weighted by atomic mass is 16.6. The van der Waals surface area contributed by atoms with Gasteiger partial charge in [0, 0.05) is 24.5 Å². The normalized spacial score (nSPS) is 17.4. The van der Waals surface area contributed by atoms with Crippen molar-refractivity contribution in [2.75, 3.05) is 6.54 Å². The molecule has 2 heterocycles. The van der Waals surface area contributed by atoms with Crippen LogP contribution in [0.1, 0.15) is 39.2 Å². The number of nitrogens with zero attached hydrogens (tertiary/aromatic N) is 4. The SMILES string of the molecule is CC(C)(C)OC(=O)N1CCCC1C(=O)NN=Cc1cccc2nccnc12. The van der Waals surface area contributed by atoms with E-state index in [4.69, 9.17) is 4.74 Å². The highest BCUT2D eigenvalue weighted by molar-refractivity contribution is 5.96. The minimum atomic E-state index is -0.603. The van der Waals surface area contributed by atoms with E-state index in [9.17, 15) is 9.59 Å². The summed E-state index contributed by atoms with van der Waals surface area (Å²) < 4.78 is 5.38. The number of likely N-dealkylation sites (tertiary alicyclic amines) is 1. The fourth-order valence-electron chi connectivity index (χ4n) is 2.94. The van der Waals surface area contributed by atoms with Gasteiger partial charge in [0.2, 0.25) is 0 Å². The first-order valence-corrected chi connectivity index (χ1v) is 8.87. The lowest BCUT2D eigenvalue weighted by Gasteiger charge is -2.27. The molecule has 1 atom stereocenters.